The summed E-state index contributed by atoms with van der Waals surface area (Å²) >= 11 is 0. The molecule has 1 N–H and O–H groups in total. The van der Waals surface area contributed by atoms with E-state index in [-0.39, 0.29) is 11.9 Å². The molecule has 0 aromatic carbocycles. The van der Waals surface area contributed by atoms with Gasteiger partial charge in [-0.2, -0.15) is 0 Å². The van der Waals surface area contributed by atoms with Crippen LogP contribution >= 0.6 is 0 Å². The largest absolute Gasteiger partial charge is 0.466 e. The van der Waals surface area contributed by atoms with Crippen LogP contribution in [0.3, 0.4) is 0 Å². The Balaban J connectivity index is 2.42. The Hall–Kier alpha value is -0.570. The van der Waals surface area contributed by atoms with E-state index in [4.69, 9.17) is 4.74 Å². The lowest BCUT2D eigenvalue weighted by molar-refractivity contribution is -0.150. The maximum absolute atomic E-state index is 11.4. The van der Waals surface area contributed by atoms with Crippen LogP contribution in [0, 0.1) is 11.8 Å². The summed E-state index contributed by atoms with van der Waals surface area (Å²) in [6.45, 7) is 6.31. The summed E-state index contributed by atoms with van der Waals surface area (Å²) < 4.78 is 4.99. The van der Waals surface area contributed by atoms with Crippen LogP contribution in [0.4, 0.5) is 0 Å². The molecule has 3 heteroatoms. The maximum atomic E-state index is 11.4. The van der Waals surface area contributed by atoms with E-state index in [1.807, 2.05) is 6.92 Å². The first kappa shape index (κ1) is 9.52. The molecule has 1 fully saturated rings. The van der Waals surface area contributed by atoms with Gasteiger partial charge in [0, 0.05) is 0 Å². The summed E-state index contributed by atoms with van der Waals surface area (Å²) in [5.41, 5.74) is 0. The molecule has 0 spiro atoms. The summed E-state index contributed by atoms with van der Waals surface area (Å²) in [5, 5.41) is 3.25. The standard InChI is InChI=1S/C9H17NO2/c1-3-12-9(11)8-4-5-10-6-7(8)2/h7-8,10H,3-6H2,1-2H3/t7-,8+/m0/s1. The second-order valence-corrected chi connectivity index (χ2v) is 3.33. The summed E-state index contributed by atoms with van der Waals surface area (Å²) in [7, 11) is 0. The van der Waals surface area contributed by atoms with Crippen molar-refractivity contribution in [1.29, 1.82) is 0 Å². The molecule has 0 aromatic rings. The van der Waals surface area contributed by atoms with Gasteiger partial charge in [0.25, 0.3) is 0 Å². The summed E-state index contributed by atoms with van der Waals surface area (Å²) in [6, 6.07) is 0. The average Bonchev–Trinajstić information content (AvgIpc) is 2.05. The highest BCUT2D eigenvalue weighted by Gasteiger charge is 2.28. The average molecular weight is 171 g/mol. The maximum Gasteiger partial charge on any atom is 0.309 e. The zero-order valence-corrected chi connectivity index (χ0v) is 7.80. The monoisotopic (exact) mass is 171 g/mol. The van der Waals surface area contributed by atoms with Crippen molar-refractivity contribution in [2.45, 2.75) is 20.3 Å². The molecular weight excluding hydrogens is 154 g/mol. The fraction of sp³-hybridized carbons (Fsp3) is 0.889. The molecule has 70 valence electrons. The summed E-state index contributed by atoms with van der Waals surface area (Å²) in [5.74, 6) is 0.510. The van der Waals surface area contributed by atoms with E-state index in [0.717, 1.165) is 19.5 Å². The van der Waals surface area contributed by atoms with Gasteiger partial charge < -0.3 is 10.1 Å². The van der Waals surface area contributed by atoms with Gasteiger partial charge in [0.05, 0.1) is 12.5 Å². The van der Waals surface area contributed by atoms with E-state index in [0.29, 0.717) is 12.5 Å². The van der Waals surface area contributed by atoms with Gasteiger partial charge in [-0.05, 0) is 32.4 Å². The van der Waals surface area contributed by atoms with Crippen molar-refractivity contribution in [3.8, 4) is 0 Å². The molecule has 1 aliphatic heterocycles. The van der Waals surface area contributed by atoms with Crippen molar-refractivity contribution >= 4 is 5.97 Å². The molecule has 3 nitrogen and oxygen atoms in total. The van der Waals surface area contributed by atoms with E-state index in [2.05, 4.69) is 12.2 Å². The Morgan fingerprint density at radius 2 is 2.42 bits per heavy atom. The summed E-state index contributed by atoms with van der Waals surface area (Å²) in [4.78, 5) is 11.4. The van der Waals surface area contributed by atoms with Crippen LogP contribution in [0.1, 0.15) is 20.3 Å². The molecule has 0 radical (unpaired) electrons. The van der Waals surface area contributed by atoms with Crippen molar-refractivity contribution in [1.82, 2.24) is 5.32 Å². The van der Waals surface area contributed by atoms with E-state index in [1.165, 1.54) is 0 Å². The van der Waals surface area contributed by atoms with Crippen LogP contribution in [0.2, 0.25) is 0 Å². The third kappa shape index (κ3) is 2.21. The Morgan fingerprint density at radius 1 is 1.67 bits per heavy atom. The minimum absolute atomic E-state index is 0.0218. The van der Waals surface area contributed by atoms with Crippen molar-refractivity contribution in [2.24, 2.45) is 11.8 Å². The number of carbonyl (C=O) groups excluding carboxylic acids is 1. The highest BCUT2D eigenvalue weighted by atomic mass is 16.5. The van der Waals surface area contributed by atoms with Gasteiger partial charge >= 0.3 is 5.97 Å². The number of piperidine rings is 1. The van der Waals surface area contributed by atoms with Crippen LogP contribution in [-0.2, 0) is 9.53 Å². The molecular formula is C9H17NO2. The summed E-state index contributed by atoms with van der Waals surface area (Å²) in [6.07, 6.45) is 0.917. The highest BCUT2D eigenvalue weighted by molar-refractivity contribution is 5.72. The zero-order valence-electron chi connectivity index (χ0n) is 7.80. The van der Waals surface area contributed by atoms with Crippen molar-refractivity contribution in [2.75, 3.05) is 19.7 Å². The SMILES string of the molecule is CCOC(=O)[C@@H]1CCNC[C@@H]1C. The normalized spacial score (nSPS) is 29.8. The van der Waals surface area contributed by atoms with Crippen LogP contribution in [0.25, 0.3) is 0 Å². The van der Waals surface area contributed by atoms with E-state index < -0.39 is 0 Å². The Morgan fingerprint density at radius 3 is 3.00 bits per heavy atom. The molecule has 12 heavy (non-hydrogen) atoms. The quantitative estimate of drug-likeness (QED) is 0.624. The molecule has 0 unspecified atom stereocenters. The van der Waals surface area contributed by atoms with Crippen molar-refractivity contribution < 1.29 is 9.53 Å². The van der Waals surface area contributed by atoms with Gasteiger partial charge in [-0.15, -0.1) is 0 Å². The predicted octanol–water partition coefficient (Wildman–Crippen LogP) is 0.795. The predicted molar refractivity (Wildman–Crippen MR) is 46.8 cm³/mol. The second kappa shape index (κ2) is 4.45. The van der Waals surface area contributed by atoms with Crippen molar-refractivity contribution in [3.63, 3.8) is 0 Å². The first-order chi connectivity index (χ1) is 5.75. The first-order valence-electron chi connectivity index (χ1n) is 4.63. The Bertz CT molecular complexity index is 159. The van der Waals surface area contributed by atoms with Crippen LogP contribution in [-0.4, -0.2) is 25.7 Å². The molecule has 0 saturated carbocycles. The lowest BCUT2D eigenvalue weighted by atomic mass is 9.88. The van der Waals surface area contributed by atoms with E-state index in [9.17, 15) is 4.79 Å². The third-order valence-electron chi connectivity index (χ3n) is 2.37. The number of ether oxygens (including phenoxy) is 1. The molecule has 1 rings (SSSR count). The van der Waals surface area contributed by atoms with E-state index >= 15 is 0 Å². The topological polar surface area (TPSA) is 38.3 Å². The van der Waals surface area contributed by atoms with Gasteiger partial charge in [-0.3, -0.25) is 4.79 Å². The fourth-order valence-electron chi connectivity index (χ4n) is 1.61. The number of rotatable bonds is 2. The van der Waals surface area contributed by atoms with Gasteiger partial charge in [0.15, 0.2) is 0 Å². The van der Waals surface area contributed by atoms with Crippen LogP contribution < -0.4 is 5.32 Å². The minimum Gasteiger partial charge on any atom is -0.466 e. The minimum atomic E-state index is -0.0218. The molecule has 1 heterocycles. The fourth-order valence-corrected chi connectivity index (χ4v) is 1.61. The molecule has 1 aliphatic rings. The zero-order chi connectivity index (χ0) is 8.97. The molecule has 0 bridgehead atoms. The number of nitrogens with one attached hydrogen (secondary N) is 1. The first-order valence-corrected chi connectivity index (χ1v) is 4.63. The Labute approximate surface area is 73.5 Å². The lowest BCUT2D eigenvalue weighted by Crippen LogP contribution is -2.39. The van der Waals surface area contributed by atoms with E-state index in [1.54, 1.807) is 0 Å². The number of carbonyl (C=O) groups is 1. The lowest BCUT2D eigenvalue weighted by Gasteiger charge is -2.27. The molecule has 0 amide bonds. The number of hydrogen-bond donors (Lipinski definition) is 1. The molecule has 0 aromatic heterocycles. The third-order valence-corrected chi connectivity index (χ3v) is 2.37. The van der Waals surface area contributed by atoms with Gasteiger partial charge in [-0.25, -0.2) is 0 Å². The van der Waals surface area contributed by atoms with Crippen LogP contribution in [0.5, 0.6) is 0 Å². The Kier molecular flexibility index (Phi) is 3.53. The smallest absolute Gasteiger partial charge is 0.309 e. The molecule has 0 aliphatic carbocycles. The van der Waals surface area contributed by atoms with Crippen molar-refractivity contribution in [3.05, 3.63) is 0 Å². The van der Waals surface area contributed by atoms with Gasteiger partial charge in [0.1, 0.15) is 0 Å². The van der Waals surface area contributed by atoms with Gasteiger partial charge in [-0.1, -0.05) is 6.92 Å². The second-order valence-electron chi connectivity index (χ2n) is 3.33. The molecule has 2 atom stereocenters. The van der Waals surface area contributed by atoms with Crippen LogP contribution in [0.15, 0.2) is 0 Å². The molecule has 1 saturated heterocycles. The number of esters is 1. The highest BCUT2D eigenvalue weighted by Crippen LogP contribution is 2.19. The number of hydrogen-bond acceptors (Lipinski definition) is 3. The van der Waals surface area contributed by atoms with Gasteiger partial charge in [0.2, 0.25) is 0 Å².